The number of carbonyl (C=O) groups excluding carboxylic acids is 1. The first-order valence-corrected chi connectivity index (χ1v) is 5.11. The summed E-state index contributed by atoms with van der Waals surface area (Å²) in [4.78, 5) is 11.0. The van der Waals surface area contributed by atoms with Crippen LogP contribution in [0.2, 0.25) is 0 Å². The number of amides is 1. The van der Waals surface area contributed by atoms with Gasteiger partial charge in [0.05, 0.1) is 0 Å². The molecule has 1 rings (SSSR count). The minimum absolute atomic E-state index is 0.0641. The Hall–Kier alpha value is -0.700. The van der Waals surface area contributed by atoms with Crippen LogP contribution in [0.5, 0.6) is 0 Å². The number of thiocarbonyl (C=S) groups is 1. The van der Waals surface area contributed by atoms with E-state index < -0.39 is 0 Å². The van der Waals surface area contributed by atoms with E-state index in [2.05, 4.69) is 11.9 Å². The normalized spacial score (nSPS) is 27.7. The first-order valence-electron chi connectivity index (χ1n) is 4.64. The van der Waals surface area contributed by atoms with Crippen molar-refractivity contribution in [1.82, 2.24) is 5.32 Å². The van der Waals surface area contributed by atoms with Gasteiger partial charge in [0.2, 0.25) is 5.91 Å². The maximum Gasteiger partial charge on any atom is 0.243 e. The summed E-state index contributed by atoms with van der Waals surface area (Å²) in [6.45, 7) is 3.42. The minimum atomic E-state index is -0.0641. The van der Waals surface area contributed by atoms with Gasteiger partial charge in [-0.15, -0.1) is 0 Å². The molecule has 0 bridgehead atoms. The van der Waals surface area contributed by atoms with Crippen LogP contribution in [0.4, 0.5) is 0 Å². The number of hydrogen-bond donors (Lipinski definition) is 1. The maximum atomic E-state index is 11.0. The van der Waals surface area contributed by atoms with Gasteiger partial charge in [0.25, 0.3) is 0 Å². The Bertz CT molecular complexity index is 207. The number of nitrogens with one attached hydrogen (secondary N) is 1. The zero-order chi connectivity index (χ0) is 9.68. The third-order valence-electron chi connectivity index (χ3n) is 2.50. The fourth-order valence-electron chi connectivity index (χ4n) is 1.66. The number of hydrogen-bond acceptors (Lipinski definition) is 2. The Morgan fingerprint density at radius 3 is 2.46 bits per heavy atom. The quantitative estimate of drug-likeness (QED) is 0.552. The molecule has 1 fully saturated rings. The van der Waals surface area contributed by atoms with Crippen LogP contribution in [-0.4, -0.2) is 17.3 Å². The molecule has 0 aliphatic heterocycles. The van der Waals surface area contributed by atoms with Crippen LogP contribution < -0.4 is 5.32 Å². The third-order valence-corrected chi connectivity index (χ3v) is 2.88. The molecule has 0 saturated heterocycles. The highest BCUT2D eigenvalue weighted by Gasteiger charge is 2.19. The van der Waals surface area contributed by atoms with Gasteiger partial charge in [0.1, 0.15) is 0 Å². The summed E-state index contributed by atoms with van der Waals surface area (Å²) < 4.78 is 0. The summed E-state index contributed by atoms with van der Waals surface area (Å²) in [6, 6.07) is 0.330. The highest BCUT2D eigenvalue weighted by atomic mass is 32.1. The molecule has 0 unspecified atom stereocenters. The van der Waals surface area contributed by atoms with Crippen LogP contribution in [0, 0.1) is 5.92 Å². The predicted octanol–water partition coefficient (Wildman–Crippen LogP) is 1.85. The summed E-state index contributed by atoms with van der Waals surface area (Å²) in [5.74, 6) is 0.512. The lowest BCUT2D eigenvalue weighted by Gasteiger charge is -2.26. The molecular weight excluding hydrogens is 182 g/mol. The molecule has 72 valence electrons. The van der Waals surface area contributed by atoms with E-state index in [1.165, 1.54) is 6.08 Å². The van der Waals surface area contributed by atoms with Crippen LogP contribution in [0.3, 0.4) is 0 Å². The van der Waals surface area contributed by atoms with Crippen LogP contribution in [-0.2, 0) is 4.79 Å². The van der Waals surface area contributed by atoms with E-state index in [0.29, 0.717) is 12.0 Å². The van der Waals surface area contributed by atoms with E-state index in [0.717, 1.165) is 25.7 Å². The van der Waals surface area contributed by atoms with Crippen molar-refractivity contribution in [2.24, 2.45) is 5.92 Å². The molecule has 0 atom stereocenters. The summed E-state index contributed by atoms with van der Waals surface area (Å²) in [5, 5.41) is 4.76. The molecule has 0 spiro atoms. The van der Waals surface area contributed by atoms with Gasteiger partial charge in [0.15, 0.2) is 0 Å². The molecule has 0 aromatic heterocycles. The highest BCUT2D eigenvalue weighted by Crippen LogP contribution is 2.22. The first kappa shape index (κ1) is 10.4. The van der Waals surface area contributed by atoms with Gasteiger partial charge < -0.3 is 5.32 Å². The van der Waals surface area contributed by atoms with Gasteiger partial charge in [-0.2, -0.15) is 0 Å². The van der Waals surface area contributed by atoms with Gasteiger partial charge in [-0.25, -0.2) is 0 Å². The predicted molar refractivity (Wildman–Crippen MR) is 57.7 cm³/mol. The molecule has 2 nitrogen and oxygen atoms in total. The van der Waals surface area contributed by atoms with Crippen molar-refractivity contribution >= 4 is 23.5 Å². The third kappa shape index (κ3) is 3.27. The Morgan fingerprint density at radius 1 is 1.38 bits per heavy atom. The van der Waals surface area contributed by atoms with Crippen molar-refractivity contribution in [3.63, 3.8) is 0 Å². The fourth-order valence-corrected chi connectivity index (χ4v) is 1.93. The molecule has 1 aliphatic carbocycles. The number of rotatable bonds is 3. The smallest absolute Gasteiger partial charge is 0.243 e. The topological polar surface area (TPSA) is 29.1 Å². The van der Waals surface area contributed by atoms with Crippen molar-refractivity contribution in [3.8, 4) is 0 Å². The van der Waals surface area contributed by atoms with E-state index in [4.69, 9.17) is 12.2 Å². The second-order valence-corrected chi connectivity index (χ2v) is 3.73. The first-order chi connectivity index (χ1) is 6.26. The Kier molecular flexibility index (Phi) is 4.09. The van der Waals surface area contributed by atoms with E-state index in [9.17, 15) is 4.79 Å². The molecule has 1 saturated carbocycles. The lowest BCUT2D eigenvalue weighted by atomic mass is 9.87. The fraction of sp³-hybridized carbons (Fsp3) is 0.600. The molecule has 1 aliphatic rings. The van der Waals surface area contributed by atoms with Gasteiger partial charge >= 0.3 is 0 Å². The van der Waals surface area contributed by atoms with Gasteiger partial charge in [0, 0.05) is 6.04 Å². The van der Waals surface area contributed by atoms with E-state index >= 15 is 0 Å². The standard InChI is InChI=1S/C10H15NOS/c1-2-10(12)11-9-5-3-8(7-13)4-6-9/h2,7-9H,1,3-6H2,(H,11,12). The SMILES string of the molecule is C=CC(=O)NC1CCC(C=S)CC1. The van der Waals surface area contributed by atoms with Crippen molar-refractivity contribution < 1.29 is 4.79 Å². The molecule has 0 radical (unpaired) electrons. The largest absolute Gasteiger partial charge is 0.350 e. The average molecular weight is 197 g/mol. The Labute approximate surface area is 84.4 Å². The molecule has 1 N–H and O–H groups in total. The van der Waals surface area contributed by atoms with Crippen molar-refractivity contribution in [2.75, 3.05) is 0 Å². The van der Waals surface area contributed by atoms with Crippen LogP contribution >= 0.6 is 12.2 Å². The molecule has 0 heterocycles. The molecule has 1 amide bonds. The van der Waals surface area contributed by atoms with Crippen LogP contribution in [0.15, 0.2) is 12.7 Å². The van der Waals surface area contributed by atoms with Crippen molar-refractivity contribution in [2.45, 2.75) is 31.7 Å². The van der Waals surface area contributed by atoms with Crippen LogP contribution in [0.1, 0.15) is 25.7 Å². The van der Waals surface area contributed by atoms with Crippen LogP contribution in [0.25, 0.3) is 0 Å². The Balaban J connectivity index is 2.28. The molecular formula is C10H15NOS. The van der Waals surface area contributed by atoms with Crippen molar-refractivity contribution in [3.05, 3.63) is 12.7 Å². The molecule has 3 heteroatoms. The molecule has 0 aromatic carbocycles. The monoisotopic (exact) mass is 197 g/mol. The number of carbonyl (C=O) groups is 1. The summed E-state index contributed by atoms with van der Waals surface area (Å²) >= 11 is 4.89. The van der Waals surface area contributed by atoms with E-state index in [-0.39, 0.29) is 5.91 Å². The van der Waals surface area contributed by atoms with E-state index in [1.807, 2.05) is 5.37 Å². The van der Waals surface area contributed by atoms with Gasteiger partial charge in [-0.05, 0) is 43.0 Å². The van der Waals surface area contributed by atoms with Gasteiger partial charge in [-0.1, -0.05) is 18.8 Å². The Morgan fingerprint density at radius 2 is 2.00 bits per heavy atom. The lowest BCUT2D eigenvalue weighted by Crippen LogP contribution is -2.36. The summed E-state index contributed by atoms with van der Waals surface area (Å²) in [5.41, 5.74) is 0. The second kappa shape index (κ2) is 5.12. The highest BCUT2D eigenvalue weighted by molar-refractivity contribution is 7.79. The van der Waals surface area contributed by atoms with Gasteiger partial charge in [-0.3, -0.25) is 4.79 Å². The average Bonchev–Trinajstić information content (AvgIpc) is 2.19. The minimum Gasteiger partial charge on any atom is -0.350 e. The second-order valence-electron chi connectivity index (χ2n) is 3.46. The zero-order valence-electron chi connectivity index (χ0n) is 7.66. The van der Waals surface area contributed by atoms with Crippen molar-refractivity contribution in [1.29, 1.82) is 0 Å². The van der Waals surface area contributed by atoms with E-state index in [1.54, 1.807) is 0 Å². The summed E-state index contributed by atoms with van der Waals surface area (Å²) in [7, 11) is 0. The molecule has 13 heavy (non-hydrogen) atoms. The molecule has 0 aromatic rings. The lowest BCUT2D eigenvalue weighted by molar-refractivity contribution is -0.117. The zero-order valence-corrected chi connectivity index (χ0v) is 8.48. The maximum absolute atomic E-state index is 11.0. The summed E-state index contributed by atoms with van der Waals surface area (Å²) in [6.07, 6.45) is 5.61.